The summed E-state index contributed by atoms with van der Waals surface area (Å²) in [7, 11) is 0. The number of anilines is 4. The lowest BCUT2D eigenvalue weighted by molar-refractivity contribution is -0.157. The third-order valence-electron chi connectivity index (χ3n) is 14.2. The van der Waals surface area contributed by atoms with E-state index in [-0.39, 0.29) is 101 Å². The molecule has 102 heavy (non-hydrogen) atoms. The molecule has 0 aliphatic carbocycles. The van der Waals surface area contributed by atoms with Gasteiger partial charge in [0.1, 0.15) is 75.5 Å². The quantitative estimate of drug-likeness (QED) is 0.0151. The SMILES string of the molecule is C=Cc1cc(NC(=O)CCCCN=C(NC(=O)OC(C)(C)C)C(C)C(=O)OC(C)(C)C)c(OC2CCN(C(=O)OC(C)(C)C)C2)c(NC(=O)c2cc(C(=O)Nc3cc(C(F)(F)F)cc(NC(=O)CCCCN=C(CCC)NC(=O)OC(C)(C)C)c3OC3CCN(C(=O)OC(C)(C)C)C3)ncn2)c1. The number of nitrogens with one attached hydrogen (secondary N) is 6. The van der Waals surface area contributed by atoms with Crippen molar-refractivity contribution >= 4 is 94.5 Å². The first-order valence-electron chi connectivity index (χ1n) is 34.0. The van der Waals surface area contributed by atoms with E-state index in [1.54, 1.807) is 110 Å². The van der Waals surface area contributed by atoms with Crippen LogP contribution in [0.15, 0.2) is 53.2 Å². The molecule has 2 aromatic carbocycles. The van der Waals surface area contributed by atoms with Crippen molar-refractivity contribution in [3.05, 3.63) is 65.8 Å². The number of alkyl carbamates (subject to hydrolysis) is 2. The van der Waals surface area contributed by atoms with Crippen LogP contribution >= 0.6 is 0 Å². The second-order valence-electron chi connectivity index (χ2n) is 29.5. The predicted molar refractivity (Wildman–Crippen MR) is 378 cm³/mol. The summed E-state index contributed by atoms with van der Waals surface area (Å²) in [6, 6.07) is 5.26. The topological polar surface area (TPSA) is 347 Å². The zero-order valence-electron chi connectivity index (χ0n) is 61.6. The van der Waals surface area contributed by atoms with E-state index in [0.29, 0.717) is 49.2 Å². The standard InChI is InChI=1S/C71H101F3N12O16/c1-19-25-53(83-62(92)99-67(7,8)9)75-30-23-21-26-55(88)80-49-36-44(71(72,73)74)37-50(57(49)97-46-29-33-86(40-46)65(95)102-70(16,17)18)82-60(90)52-38-51(77-41-78-52)59(89)81-48-35-43(20-2)34-47(56(48)96-45-28-32-85(39-45)64(94)101-69(13,14)15)79-54(87)27-22-24-31-76-58(84-63(93)100-68(10,11)12)42(3)61(91)98-66(4,5)6/h20,34-38,41-42,45-46H,2,19,21-33,39-40H2,1,3-18H3,(H,79,87)(H,80,88)(H,81,89)(H,82,90)(H,75,83,92)(H,76,84,93). The van der Waals surface area contributed by atoms with Gasteiger partial charge in [-0.3, -0.25) is 44.6 Å². The molecule has 2 aliphatic heterocycles. The summed E-state index contributed by atoms with van der Waals surface area (Å²) in [5.41, 5.74) is -7.03. The number of aliphatic imine (C=N–C) groups is 2. The molecule has 2 fully saturated rings. The van der Waals surface area contributed by atoms with Gasteiger partial charge in [0, 0.05) is 64.3 Å². The molecular formula is C71H101F3N12O16. The van der Waals surface area contributed by atoms with Crippen molar-refractivity contribution in [2.75, 3.05) is 60.5 Å². The highest BCUT2D eigenvalue weighted by molar-refractivity contribution is 6.09. The minimum atomic E-state index is -5.06. The van der Waals surface area contributed by atoms with Gasteiger partial charge in [-0.25, -0.2) is 29.1 Å². The number of hydrogen-bond acceptors (Lipinski definition) is 20. The Hall–Kier alpha value is -9.58. The number of likely N-dealkylation sites (tertiary alicyclic amines) is 2. The molecule has 5 rings (SSSR count). The summed E-state index contributed by atoms with van der Waals surface area (Å²) in [5.74, 6) is -5.06. The molecule has 1 aromatic heterocycles. The van der Waals surface area contributed by atoms with E-state index < -0.39 is 140 Å². The van der Waals surface area contributed by atoms with Crippen molar-refractivity contribution in [1.29, 1.82) is 0 Å². The summed E-state index contributed by atoms with van der Waals surface area (Å²) < 4.78 is 85.2. The van der Waals surface area contributed by atoms with E-state index in [1.807, 2.05) is 6.92 Å². The maximum Gasteiger partial charge on any atom is 0.416 e. The minimum absolute atomic E-state index is 0.00352. The molecule has 3 aromatic rings. The van der Waals surface area contributed by atoms with Crippen molar-refractivity contribution in [1.82, 2.24) is 30.4 Å². The van der Waals surface area contributed by atoms with E-state index >= 15 is 0 Å². The Morgan fingerprint density at radius 1 is 0.559 bits per heavy atom. The van der Waals surface area contributed by atoms with E-state index in [2.05, 4.69) is 58.4 Å². The van der Waals surface area contributed by atoms with Crippen molar-refractivity contribution in [3.8, 4) is 11.5 Å². The fraction of sp³-hybridized carbons (Fsp3) is 0.592. The monoisotopic (exact) mass is 1430 g/mol. The number of unbranched alkanes of at least 4 members (excludes halogenated alkanes) is 2. The smallest absolute Gasteiger partial charge is 0.416 e. The highest BCUT2D eigenvalue weighted by Crippen LogP contribution is 2.43. The number of benzene rings is 2. The van der Waals surface area contributed by atoms with Crippen LogP contribution in [0.2, 0.25) is 0 Å². The summed E-state index contributed by atoms with van der Waals surface area (Å²) in [4.78, 5) is 141. The Kier molecular flexibility index (Phi) is 29.2. The molecular weight excluding hydrogens is 1330 g/mol. The molecule has 6 N–H and O–H groups in total. The van der Waals surface area contributed by atoms with Crippen molar-refractivity contribution in [2.24, 2.45) is 15.9 Å². The highest BCUT2D eigenvalue weighted by Gasteiger charge is 2.38. The second-order valence-corrected chi connectivity index (χ2v) is 29.5. The van der Waals surface area contributed by atoms with Crippen LogP contribution in [-0.4, -0.2) is 165 Å². The lowest BCUT2D eigenvalue weighted by atomic mass is 10.1. The molecule has 31 heteroatoms. The van der Waals surface area contributed by atoms with E-state index in [1.165, 1.54) is 28.9 Å². The summed E-state index contributed by atoms with van der Waals surface area (Å²) in [5, 5.41) is 15.8. The number of amides is 8. The van der Waals surface area contributed by atoms with Crippen LogP contribution in [0.1, 0.15) is 214 Å². The maximum absolute atomic E-state index is 14.9. The summed E-state index contributed by atoms with van der Waals surface area (Å²) >= 11 is 0. The molecule has 0 radical (unpaired) electrons. The molecule has 562 valence electrons. The first kappa shape index (κ1) is 83.1. The summed E-state index contributed by atoms with van der Waals surface area (Å²) in [6.45, 7) is 33.4. The number of hydrogen-bond donors (Lipinski definition) is 6. The lowest BCUT2D eigenvalue weighted by Crippen LogP contribution is -2.42. The Morgan fingerprint density at radius 2 is 0.971 bits per heavy atom. The van der Waals surface area contributed by atoms with Crippen molar-refractivity contribution < 1.29 is 89.5 Å². The highest BCUT2D eigenvalue weighted by atomic mass is 19.4. The largest absolute Gasteiger partial charge is 0.484 e. The number of nitrogens with zero attached hydrogens (tertiary/aromatic N) is 6. The number of alkyl halides is 3. The van der Waals surface area contributed by atoms with Gasteiger partial charge in [-0.15, -0.1) is 0 Å². The number of rotatable bonds is 25. The molecule has 0 bridgehead atoms. The Labute approximate surface area is 594 Å². The van der Waals surface area contributed by atoms with Crippen LogP contribution in [0.3, 0.4) is 0 Å². The second kappa shape index (κ2) is 35.8. The maximum atomic E-state index is 14.9. The third-order valence-corrected chi connectivity index (χ3v) is 14.2. The van der Waals surface area contributed by atoms with Crippen LogP contribution in [-0.2, 0) is 44.2 Å². The molecule has 2 aliphatic rings. The van der Waals surface area contributed by atoms with Crippen molar-refractivity contribution in [2.45, 2.75) is 228 Å². The van der Waals surface area contributed by atoms with Gasteiger partial charge in [-0.2, -0.15) is 13.2 Å². The number of carbonyl (C=O) groups is 9. The normalized spacial score (nSPS) is 15.6. The van der Waals surface area contributed by atoms with Crippen molar-refractivity contribution in [3.63, 3.8) is 0 Å². The third kappa shape index (κ3) is 28.8. The molecule has 0 spiro atoms. The zero-order valence-corrected chi connectivity index (χ0v) is 61.6. The fourth-order valence-electron chi connectivity index (χ4n) is 9.80. The van der Waals surface area contributed by atoms with Gasteiger partial charge in [0.05, 0.1) is 41.4 Å². The van der Waals surface area contributed by atoms with E-state index in [9.17, 15) is 56.3 Å². The summed E-state index contributed by atoms with van der Waals surface area (Å²) in [6.07, 6.45) is -4.81. The number of aromatic nitrogens is 2. The van der Waals surface area contributed by atoms with Gasteiger partial charge in [0.2, 0.25) is 11.8 Å². The molecule has 0 saturated carbocycles. The Bertz CT molecular complexity index is 3580. The van der Waals surface area contributed by atoms with Crippen LogP contribution < -0.4 is 41.4 Å². The Balaban J connectivity index is 1.45. The molecule has 8 amide bonds. The molecule has 28 nitrogen and oxygen atoms in total. The van der Waals surface area contributed by atoms with Gasteiger partial charge in [-0.1, -0.05) is 19.6 Å². The first-order valence-corrected chi connectivity index (χ1v) is 34.0. The predicted octanol–water partition coefficient (Wildman–Crippen LogP) is 13.3. The Morgan fingerprint density at radius 3 is 1.39 bits per heavy atom. The average molecular weight is 1440 g/mol. The minimum Gasteiger partial charge on any atom is -0.484 e. The molecule has 2 saturated heterocycles. The average Bonchev–Trinajstić information content (AvgIpc) is 1.09. The van der Waals surface area contributed by atoms with Crippen LogP contribution in [0, 0.1) is 5.92 Å². The van der Waals surface area contributed by atoms with Crippen LogP contribution in [0.25, 0.3) is 6.08 Å². The lowest BCUT2D eigenvalue weighted by Gasteiger charge is -2.25. The number of carbonyl (C=O) groups excluding carboxylic acids is 9. The van der Waals surface area contributed by atoms with Gasteiger partial charge >= 0.3 is 36.5 Å². The number of amidine groups is 2. The van der Waals surface area contributed by atoms with Gasteiger partial charge in [0.25, 0.3) is 11.8 Å². The zero-order chi connectivity index (χ0) is 76.3. The fourth-order valence-corrected chi connectivity index (χ4v) is 9.80. The number of halogens is 3. The van der Waals surface area contributed by atoms with E-state index in [4.69, 9.17) is 33.2 Å². The van der Waals surface area contributed by atoms with Gasteiger partial charge < -0.3 is 64.2 Å². The van der Waals surface area contributed by atoms with Gasteiger partial charge in [-0.05, 0) is 173 Å². The molecule has 3 unspecified atom stereocenters. The van der Waals surface area contributed by atoms with Gasteiger partial charge in [0.15, 0.2) is 11.5 Å². The molecule has 3 atom stereocenters. The number of esters is 1. The van der Waals surface area contributed by atoms with Crippen LogP contribution in [0.4, 0.5) is 55.1 Å². The van der Waals surface area contributed by atoms with Crippen LogP contribution in [0.5, 0.6) is 11.5 Å². The number of ether oxygens (including phenoxy) is 7. The van der Waals surface area contributed by atoms with E-state index in [0.717, 1.165) is 12.4 Å². The first-order chi connectivity index (χ1) is 47.3. The molecule has 3 heterocycles.